The highest BCUT2D eigenvalue weighted by Gasteiger charge is 2.19. The van der Waals surface area contributed by atoms with Crippen LogP contribution in [0.5, 0.6) is 5.75 Å². The van der Waals surface area contributed by atoms with Gasteiger partial charge < -0.3 is 14.8 Å². The van der Waals surface area contributed by atoms with Crippen LogP contribution in [0, 0.1) is 10.1 Å². The van der Waals surface area contributed by atoms with Gasteiger partial charge in [0.15, 0.2) is 6.79 Å². The third kappa shape index (κ3) is 3.55. The summed E-state index contributed by atoms with van der Waals surface area (Å²) in [5, 5.41) is 13.7. The van der Waals surface area contributed by atoms with E-state index in [2.05, 4.69) is 10.3 Å². The minimum Gasteiger partial charge on any atom is -0.467 e. The minimum absolute atomic E-state index is 0.0643. The quantitative estimate of drug-likeness (QED) is 0.526. The number of nitro benzene ring substituents is 1. The van der Waals surface area contributed by atoms with Crippen molar-refractivity contribution in [2.24, 2.45) is 0 Å². The first-order valence-corrected chi connectivity index (χ1v) is 7.04. The fourth-order valence-electron chi connectivity index (χ4n) is 2.25. The summed E-state index contributed by atoms with van der Waals surface area (Å²) >= 11 is 0. The average molecular weight is 327 g/mol. The highest BCUT2D eigenvalue weighted by atomic mass is 16.7. The molecule has 0 saturated heterocycles. The first kappa shape index (κ1) is 15.6. The first-order valence-electron chi connectivity index (χ1n) is 7.04. The molecule has 0 saturated carbocycles. The van der Waals surface area contributed by atoms with E-state index >= 15 is 0 Å². The van der Waals surface area contributed by atoms with Gasteiger partial charge in [-0.2, -0.15) is 0 Å². The third-order valence-electron chi connectivity index (χ3n) is 3.30. The van der Waals surface area contributed by atoms with E-state index < -0.39 is 4.92 Å². The molecule has 0 unspecified atom stereocenters. The van der Waals surface area contributed by atoms with Gasteiger partial charge >= 0.3 is 0 Å². The van der Waals surface area contributed by atoms with Gasteiger partial charge in [-0.15, -0.1) is 0 Å². The fourth-order valence-corrected chi connectivity index (χ4v) is 2.25. The van der Waals surface area contributed by atoms with Crippen LogP contribution < -0.4 is 10.1 Å². The number of anilines is 1. The number of rotatable bonds is 4. The molecule has 1 aliphatic heterocycles. The Morgan fingerprint density at radius 2 is 2.12 bits per heavy atom. The van der Waals surface area contributed by atoms with Crippen molar-refractivity contribution in [3.05, 3.63) is 64.0 Å². The van der Waals surface area contributed by atoms with Crippen LogP contribution in [0.4, 0.5) is 11.4 Å². The SMILES string of the molecule is O=C(/C=C/c1cc([N+](=O)[O-])cc2c1OCOC2)Nc1ccncc1. The predicted octanol–water partition coefficient (Wildman–Crippen LogP) is 2.51. The number of nitro groups is 1. The number of non-ortho nitro benzene ring substituents is 1. The molecule has 1 N–H and O–H groups in total. The van der Waals surface area contributed by atoms with Crippen molar-refractivity contribution in [3.8, 4) is 5.75 Å². The number of carbonyl (C=O) groups is 1. The lowest BCUT2D eigenvalue weighted by Gasteiger charge is -2.19. The molecule has 0 aliphatic carbocycles. The number of benzene rings is 1. The maximum absolute atomic E-state index is 12.0. The molecule has 8 nitrogen and oxygen atoms in total. The number of nitrogens with one attached hydrogen (secondary N) is 1. The number of ether oxygens (including phenoxy) is 2. The molecule has 0 fully saturated rings. The predicted molar refractivity (Wildman–Crippen MR) is 85.3 cm³/mol. The molecule has 0 atom stereocenters. The van der Waals surface area contributed by atoms with Crippen LogP contribution in [0.3, 0.4) is 0 Å². The largest absolute Gasteiger partial charge is 0.467 e. The van der Waals surface area contributed by atoms with Crippen molar-refractivity contribution in [2.75, 3.05) is 12.1 Å². The van der Waals surface area contributed by atoms with Crippen LogP contribution >= 0.6 is 0 Å². The molecule has 2 heterocycles. The molecule has 24 heavy (non-hydrogen) atoms. The van der Waals surface area contributed by atoms with Crippen LogP contribution in [0.2, 0.25) is 0 Å². The van der Waals surface area contributed by atoms with E-state index in [1.807, 2.05) is 0 Å². The Bertz CT molecular complexity index is 805. The van der Waals surface area contributed by atoms with E-state index in [0.717, 1.165) is 0 Å². The summed E-state index contributed by atoms with van der Waals surface area (Å²) in [5.74, 6) is 0.119. The molecule has 0 bridgehead atoms. The Kier molecular flexibility index (Phi) is 4.48. The monoisotopic (exact) mass is 327 g/mol. The van der Waals surface area contributed by atoms with E-state index in [1.165, 1.54) is 24.3 Å². The van der Waals surface area contributed by atoms with Crippen molar-refractivity contribution in [1.29, 1.82) is 0 Å². The Hall–Kier alpha value is -3.26. The van der Waals surface area contributed by atoms with Crippen LogP contribution in [0.15, 0.2) is 42.7 Å². The van der Waals surface area contributed by atoms with Crippen molar-refractivity contribution in [2.45, 2.75) is 6.61 Å². The lowest BCUT2D eigenvalue weighted by Crippen LogP contribution is -2.13. The molecular formula is C16H13N3O5. The second-order valence-electron chi connectivity index (χ2n) is 4.95. The highest BCUT2D eigenvalue weighted by molar-refractivity contribution is 6.02. The molecule has 1 aromatic heterocycles. The standard InChI is InChI=1S/C16H13N3O5/c20-15(18-13-3-5-17-6-4-13)2-1-11-7-14(19(21)22)8-12-9-23-10-24-16(11)12/h1-8H,9-10H2,(H,17,18,20)/b2-1+. The summed E-state index contributed by atoms with van der Waals surface area (Å²) in [7, 11) is 0. The summed E-state index contributed by atoms with van der Waals surface area (Å²) < 4.78 is 10.5. The number of nitrogens with zero attached hydrogens (tertiary/aromatic N) is 2. The Morgan fingerprint density at radius 1 is 1.33 bits per heavy atom. The molecule has 1 aliphatic rings. The average Bonchev–Trinajstić information content (AvgIpc) is 2.60. The van der Waals surface area contributed by atoms with Crippen LogP contribution in [0.1, 0.15) is 11.1 Å². The number of hydrogen-bond acceptors (Lipinski definition) is 6. The zero-order chi connectivity index (χ0) is 16.9. The summed E-state index contributed by atoms with van der Waals surface area (Å²) in [6.45, 7) is 0.288. The summed E-state index contributed by atoms with van der Waals surface area (Å²) in [6.07, 6.45) is 5.89. The molecule has 8 heteroatoms. The van der Waals surface area contributed by atoms with Crippen LogP contribution in [-0.2, 0) is 16.1 Å². The van der Waals surface area contributed by atoms with Gasteiger partial charge in [-0.05, 0) is 18.2 Å². The molecular weight excluding hydrogens is 314 g/mol. The second-order valence-corrected chi connectivity index (χ2v) is 4.95. The Morgan fingerprint density at radius 3 is 2.88 bits per heavy atom. The van der Waals surface area contributed by atoms with Crippen LogP contribution in [-0.4, -0.2) is 22.6 Å². The van der Waals surface area contributed by atoms with Gasteiger partial charge in [0.25, 0.3) is 5.69 Å². The number of hydrogen-bond donors (Lipinski definition) is 1. The fraction of sp³-hybridized carbons (Fsp3) is 0.125. The van der Waals surface area contributed by atoms with Gasteiger partial charge in [-0.1, -0.05) is 0 Å². The normalized spacial score (nSPS) is 13.2. The minimum atomic E-state index is -0.497. The smallest absolute Gasteiger partial charge is 0.270 e. The lowest BCUT2D eigenvalue weighted by molar-refractivity contribution is -0.385. The summed E-state index contributed by atoms with van der Waals surface area (Å²) in [5.41, 5.74) is 1.54. The van der Waals surface area contributed by atoms with Crippen molar-refractivity contribution in [1.82, 2.24) is 4.98 Å². The second kappa shape index (κ2) is 6.88. The van der Waals surface area contributed by atoms with Crippen molar-refractivity contribution in [3.63, 3.8) is 0 Å². The molecule has 3 rings (SSSR count). The van der Waals surface area contributed by atoms with Gasteiger partial charge in [0.05, 0.1) is 11.5 Å². The van der Waals surface area contributed by atoms with Gasteiger partial charge in [0.2, 0.25) is 5.91 Å². The highest BCUT2D eigenvalue weighted by Crippen LogP contribution is 2.33. The number of carbonyl (C=O) groups excluding carboxylic acids is 1. The van der Waals surface area contributed by atoms with Gasteiger partial charge in [0.1, 0.15) is 5.75 Å². The van der Waals surface area contributed by atoms with E-state index in [4.69, 9.17) is 9.47 Å². The van der Waals surface area contributed by atoms with E-state index in [9.17, 15) is 14.9 Å². The molecule has 0 radical (unpaired) electrons. The maximum Gasteiger partial charge on any atom is 0.270 e. The molecule has 2 aromatic rings. The Labute approximate surface area is 136 Å². The van der Waals surface area contributed by atoms with Crippen molar-refractivity contribution >= 4 is 23.4 Å². The number of pyridine rings is 1. The molecule has 122 valence electrons. The summed E-state index contributed by atoms with van der Waals surface area (Å²) in [4.78, 5) is 26.4. The van der Waals surface area contributed by atoms with E-state index in [-0.39, 0.29) is 25.0 Å². The lowest BCUT2D eigenvalue weighted by atomic mass is 10.1. The van der Waals surface area contributed by atoms with Gasteiger partial charge in [-0.25, -0.2) is 0 Å². The molecule has 1 aromatic carbocycles. The van der Waals surface area contributed by atoms with Gasteiger partial charge in [-0.3, -0.25) is 19.9 Å². The number of fused-ring (bicyclic) bond motifs is 1. The zero-order valence-electron chi connectivity index (χ0n) is 12.5. The van der Waals surface area contributed by atoms with Gasteiger partial charge in [0, 0.05) is 47.4 Å². The Balaban J connectivity index is 1.84. The number of amides is 1. The molecule has 0 spiro atoms. The number of aromatic nitrogens is 1. The molecule has 1 amide bonds. The summed E-state index contributed by atoms with van der Waals surface area (Å²) in [6, 6.07) is 6.08. The third-order valence-corrected chi connectivity index (χ3v) is 3.30. The topological polar surface area (TPSA) is 104 Å². The van der Waals surface area contributed by atoms with Crippen LogP contribution in [0.25, 0.3) is 6.08 Å². The van der Waals surface area contributed by atoms with E-state index in [1.54, 1.807) is 24.5 Å². The maximum atomic E-state index is 12.0. The van der Waals surface area contributed by atoms with Crippen molar-refractivity contribution < 1.29 is 19.2 Å². The zero-order valence-corrected chi connectivity index (χ0v) is 12.5. The van der Waals surface area contributed by atoms with E-state index in [0.29, 0.717) is 22.6 Å². The first-order chi connectivity index (χ1) is 11.6.